The van der Waals surface area contributed by atoms with E-state index in [1.807, 2.05) is 6.92 Å². The number of amides is 1. The van der Waals surface area contributed by atoms with E-state index in [0.29, 0.717) is 16.9 Å². The zero-order chi connectivity index (χ0) is 17.6. The van der Waals surface area contributed by atoms with Crippen molar-refractivity contribution in [2.75, 3.05) is 0 Å². The highest BCUT2D eigenvalue weighted by atomic mass is 16.3. The Hall–Kier alpha value is -2.57. The summed E-state index contributed by atoms with van der Waals surface area (Å²) < 4.78 is 8.43. The summed E-state index contributed by atoms with van der Waals surface area (Å²) in [5.74, 6) is 0.490. The van der Waals surface area contributed by atoms with E-state index in [1.165, 1.54) is 11.1 Å². The molecule has 7 nitrogen and oxygen atoms in total. The van der Waals surface area contributed by atoms with E-state index in [4.69, 9.17) is 4.42 Å². The van der Waals surface area contributed by atoms with Gasteiger partial charge in [0.1, 0.15) is 17.4 Å². The molecule has 1 N–H and O–H groups in total. The molecule has 0 saturated heterocycles. The quantitative estimate of drug-likeness (QED) is 0.793. The van der Waals surface area contributed by atoms with Crippen molar-refractivity contribution in [3.63, 3.8) is 0 Å². The van der Waals surface area contributed by atoms with Gasteiger partial charge in [0.25, 0.3) is 5.56 Å². The van der Waals surface area contributed by atoms with Crippen LogP contribution in [0.25, 0.3) is 16.6 Å². The van der Waals surface area contributed by atoms with Gasteiger partial charge in [0.15, 0.2) is 5.58 Å². The Morgan fingerprint density at radius 3 is 2.84 bits per heavy atom. The summed E-state index contributed by atoms with van der Waals surface area (Å²) in [5.41, 5.74) is 1.63. The van der Waals surface area contributed by atoms with E-state index >= 15 is 0 Å². The molecule has 0 bridgehead atoms. The number of nitrogens with one attached hydrogen (secondary N) is 1. The Morgan fingerprint density at radius 2 is 2.08 bits per heavy atom. The number of nitrogens with zero attached hydrogens (tertiary/aromatic N) is 3. The first-order valence-corrected chi connectivity index (χ1v) is 8.84. The maximum absolute atomic E-state index is 12.8. The zero-order valence-corrected chi connectivity index (χ0v) is 14.5. The normalized spacial score (nSPS) is 17.2. The van der Waals surface area contributed by atoms with Crippen molar-refractivity contribution in [2.24, 2.45) is 0 Å². The van der Waals surface area contributed by atoms with Crippen LogP contribution in [0.1, 0.15) is 50.9 Å². The predicted molar refractivity (Wildman–Crippen MR) is 93.7 cm³/mol. The van der Waals surface area contributed by atoms with Crippen molar-refractivity contribution in [2.45, 2.75) is 58.0 Å². The minimum absolute atomic E-state index is 0.152. The summed E-state index contributed by atoms with van der Waals surface area (Å²) in [6, 6.07) is 3.06. The average Bonchev–Trinajstić information content (AvgIpc) is 3.19. The lowest BCUT2D eigenvalue weighted by molar-refractivity contribution is -0.125. The highest BCUT2D eigenvalue weighted by Crippen LogP contribution is 2.21. The lowest BCUT2D eigenvalue weighted by atomic mass is 9.95. The maximum Gasteiger partial charge on any atom is 0.291 e. The molecule has 3 aromatic rings. The van der Waals surface area contributed by atoms with Gasteiger partial charge in [-0.2, -0.15) is 5.10 Å². The van der Waals surface area contributed by atoms with Crippen LogP contribution in [-0.2, 0) is 4.79 Å². The second-order valence-corrected chi connectivity index (χ2v) is 6.85. The van der Waals surface area contributed by atoms with Gasteiger partial charge >= 0.3 is 0 Å². The lowest BCUT2D eigenvalue weighted by Gasteiger charge is -2.24. The Labute approximate surface area is 144 Å². The first kappa shape index (κ1) is 15.9. The molecule has 1 saturated carbocycles. The van der Waals surface area contributed by atoms with Crippen molar-refractivity contribution in [1.29, 1.82) is 0 Å². The van der Waals surface area contributed by atoms with Crippen molar-refractivity contribution in [3.05, 3.63) is 34.6 Å². The Morgan fingerprint density at radius 1 is 1.32 bits per heavy atom. The highest BCUT2D eigenvalue weighted by molar-refractivity contribution is 5.83. The second-order valence-electron chi connectivity index (χ2n) is 6.85. The van der Waals surface area contributed by atoms with Crippen LogP contribution in [-0.4, -0.2) is 26.1 Å². The number of aromatic nitrogens is 3. The van der Waals surface area contributed by atoms with E-state index in [0.717, 1.165) is 31.2 Å². The number of aryl methyl sites for hydroxylation is 1. The fraction of sp³-hybridized carbons (Fsp3) is 0.500. The van der Waals surface area contributed by atoms with E-state index in [2.05, 4.69) is 10.4 Å². The average molecular weight is 342 g/mol. The van der Waals surface area contributed by atoms with E-state index in [9.17, 15) is 9.59 Å². The molecule has 1 aliphatic carbocycles. The molecule has 1 amide bonds. The predicted octanol–water partition coefficient (Wildman–Crippen LogP) is 2.56. The molecule has 132 valence electrons. The summed E-state index contributed by atoms with van der Waals surface area (Å²) in [5, 5.41) is 7.45. The molecule has 0 spiro atoms. The Bertz CT molecular complexity index is 991. The molecule has 4 rings (SSSR count). The molecular formula is C18H22N4O3. The summed E-state index contributed by atoms with van der Waals surface area (Å²) >= 11 is 0. The SMILES string of the molecule is Cc1nn(C(C)C(=O)NC2CCCCC2)c(=O)c2cc3occc3n12. The molecule has 1 aliphatic rings. The van der Waals surface area contributed by atoms with Crippen LogP contribution in [0.3, 0.4) is 0 Å². The highest BCUT2D eigenvalue weighted by Gasteiger charge is 2.24. The number of rotatable bonds is 3. The molecular weight excluding hydrogens is 320 g/mol. The largest absolute Gasteiger partial charge is 0.463 e. The monoisotopic (exact) mass is 342 g/mol. The van der Waals surface area contributed by atoms with E-state index in [1.54, 1.807) is 29.7 Å². The molecule has 3 aromatic heterocycles. The topological polar surface area (TPSA) is 81.5 Å². The number of carbonyl (C=O) groups excluding carboxylic acids is 1. The first-order valence-electron chi connectivity index (χ1n) is 8.84. The minimum atomic E-state index is -0.653. The lowest BCUT2D eigenvalue weighted by Crippen LogP contribution is -2.43. The smallest absolute Gasteiger partial charge is 0.291 e. The standard InChI is InChI=1S/C18H22N4O3/c1-11(17(23)19-13-6-4-3-5-7-13)22-18(24)15-10-16-14(8-9-25-16)21(15)12(2)20-22/h8-11,13H,3-7H2,1-2H3,(H,19,23). The van der Waals surface area contributed by atoms with Crippen LogP contribution in [0, 0.1) is 6.92 Å². The first-order chi connectivity index (χ1) is 12.1. The molecule has 0 radical (unpaired) electrons. The molecule has 3 heterocycles. The molecule has 0 aromatic carbocycles. The summed E-state index contributed by atoms with van der Waals surface area (Å²) in [6.45, 7) is 3.54. The van der Waals surface area contributed by atoms with Crippen molar-refractivity contribution < 1.29 is 9.21 Å². The Balaban J connectivity index is 1.69. The maximum atomic E-state index is 12.8. The Kier molecular flexibility index (Phi) is 3.86. The molecule has 0 aliphatic heterocycles. The number of furan rings is 1. The van der Waals surface area contributed by atoms with E-state index < -0.39 is 6.04 Å². The number of fused-ring (bicyclic) bond motifs is 3. The molecule has 1 atom stereocenters. The van der Waals surface area contributed by atoms with Crippen LogP contribution in [0.5, 0.6) is 0 Å². The third-order valence-corrected chi connectivity index (χ3v) is 5.12. The molecule has 1 unspecified atom stereocenters. The number of hydrogen-bond acceptors (Lipinski definition) is 4. The van der Waals surface area contributed by atoms with Crippen LogP contribution in [0.15, 0.2) is 27.6 Å². The van der Waals surface area contributed by atoms with Gasteiger partial charge < -0.3 is 9.73 Å². The van der Waals surface area contributed by atoms with Gasteiger partial charge in [-0.3, -0.25) is 14.0 Å². The van der Waals surface area contributed by atoms with Gasteiger partial charge in [-0.15, -0.1) is 0 Å². The van der Waals surface area contributed by atoms with E-state index in [-0.39, 0.29) is 17.5 Å². The summed E-state index contributed by atoms with van der Waals surface area (Å²) in [6.07, 6.45) is 7.12. The number of hydrogen-bond donors (Lipinski definition) is 1. The third kappa shape index (κ3) is 2.63. The fourth-order valence-electron chi connectivity index (χ4n) is 3.74. The van der Waals surface area contributed by atoms with Crippen molar-refractivity contribution >= 4 is 22.5 Å². The van der Waals surface area contributed by atoms with Crippen molar-refractivity contribution in [3.8, 4) is 0 Å². The van der Waals surface area contributed by atoms with Gasteiger partial charge in [0, 0.05) is 18.2 Å². The summed E-state index contributed by atoms with van der Waals surface area (Å²) in [7, 11) is 0. The van der Waals surface area contributed by atoms with Gasteiger partial charge in [-0.25, -0.2) is 4.68 Å². The minimum Gasteiger partial charge on any atom is -0.463 e. The fourth-order valence-corrected chi connectivity index (χ4v) is 3.74. The molecule has 1 fully saturated rings. The van der Waals surface area contributed by atoms with Crippen molar-refractivity contribution in [1.82, 2.24) is 19.5 Å². The van der Waals surface area contributed by atoms with Crippen LogP contribution in [0.4, 0.5) is 0 Å². The zero-order valence-electron chi connectivity index (χ0n) is 14.5. The molecule has 7 heteroatoms. The molecule has 25 heavy (non-hydrogen) atoms. The van der Waals surface area contributed by atoms with Gasteiger partial charge in [0.05, 0.1) is 11.8 Å². The second kappa shape index (κ2) is 6.06. The third-order valence-electron chi connectivity index (χ3n) is 5.12. The van der Waals surface area contributed by atoms with Crippen LogP contribution >= 0.6 is 0 Å². The summed E-state index contributed by atoms with van der Waals surface area (Å²) in [4.78, 5) is 25.4. The van der Waals surface area contributed by atoms with Crippen LogP contribution < -0.4 is 10.9 Å². The van der Waals surface area contributed by atoms with Crippen LogP contribution in [0.2, 0.25) is 0 Å². The van der Waals surface area contributed by atoms with Gasteiger partial charge in [-0.1, -0.05) is 19.3 Å². The van der Waals surface area contributed by atoms with Gasteiger partial charge in [0.2, 0.25) is 5.91 Å². The van der Waals surface area contributed by atoms with Gasteiger partial charge in [-0.05, 0) is 26.7 Å². The number of carbonyl (C=O) groups is 1.